The number of hydrogen-bond acceptors (Lipinski definition) is 6. The summed E-state index contributed by atoms with van der Waals surface area (Å²) >= 11 is 0. The number of nitrogens with zero attached hydrogens (tertiary/aromatic N) is 4. The summed E-state index contributed by atoms with van der Waals surface area (Å²) in [7, 11) is 1.69. The van der Waals surface area contributed by atoms with E-state index < -0.39 is 12.2 Å². The van der Waals surface area contributed by atoms with Crippen LogP contribution in [0, 0.1) is 17.2 Å². The zero-order chi connectivity index (χ0) is 24.2. The fourth-order valence-corrected chi connectivity index (χ4v) is 4.46. The molecule has 33 heavy (non-hydrogen) atoms. The first-order valence-electron chi connectivity index (χ1n) is 11.1. The number of aromatic nitrogens is 2. The predicted octanol–water partition coefficient (Wildman–Crippen LogP) is 5.05. The Morgan fingerprint density at radius 3 is 2.52 bits per heavy atom. The number of aldehydes is 1. The first kappa shape index (κ1) is 25.0. The highest BCUT2D eigenvalue weighted by Gasteiger charge is 2.51. The number of anilines is 1. The standard InChI is InChI=1S/C18H18FN3O2.C6H13F2N/c1-12-5-18(6-12)9-22(10-18)17-16(7-20-11-21-17)24-15-3-2-14(19)4-13(15)8-23;1-5(2)9(3)4-6(7)8/h2-4,7-8,11-12H,5-6,9-10H2,1H3;5-6H,4H2,1-3H3. The smallest absolute Gasteiger partial charge is 0.251 e. The largest absolute Gasteiger partial charge is 0.451 e. The lowest BCUT2D eigenvalue weighted by molar-refractivity contribution is 0.0329. The Hall–Kier alpha value is -2.68. The number of carbonyl (C=O) groups is 1. The molecule has 0 amide bonds. The average molecular weight is 465 g/mol. The minimum atomic E-state index is -2.21. The number of hydrogen-bond donors (Lipinski definition) is 0. The number of benzene rings is 1. The van der Waals surface area contributed by atoms with Gasteiger partial charge in [0.15, 0.2) is 17.9 Å². The van der Waals surface area contributed by atoms with E-state index in [2.05, 4.69) is 21.8 Å². The van der Waals surface area contributed by atoms with Crippen LogP contribution in [0.2, 0.25) is 0 Å². The zero-order valence-corrected chi connectivity index (χ0v) is 19.5. The van der Waals surface area contributed by atoms with E-state index in [4.69, 9.17) is 4.74 Å². The van der Waals surface area contributed by atoms with Crippen molar-refractivity contribution in [1.82, 2.24) is 14.9 Å². The van der Waals surface area contributed by atoms with Crippen molar-refractivity contribution in [2.75, 3.05) is 31.6 Å². The maximum atomic E-state index is 13.3. The van der Waals surface area contributed by atoms with Crippen molar-refractivity contribution in [3.8, 4) is 11.5 Å². The van der Waals surface area contributed by atoms with E-state index in [-0.39, 0.29) is 18.2 Å². The van der Waals surface area contributed by atoms with E-state index in [9.17, 15) is 18.0 Å². The lowest BCUT2D eigenvalue weighted by Gasteiger charge is -2.59. The summed E-state index contributed by atoms with van der Waals surface area (Å²) < 4.78 is 42.3. The molecule has 1 aliphatic carbocycles. The van der Waals surface area contributed by atoms with Crippen LogP contribution in [0.5, 0.6) is 11.5 Å². The highest BCUT2D eigenvalue weighted by Crippen LogP contribution is 2.53. The second kappa shape index (κ2) is 10.5. The second-order valence-electron chi connectivity index (χ2n) is 9.41. The molecule has 4 rings (SSSR count). The van der Waals surface area contributed by atoms with Gasteiger partial charge in [0.1, 0.15) is 17.9 Å². The third-order valence-electron chi connectivity index (χ3n) is 6.20. The topological polar surface area (TPSA) is 58.6 Å². The molecule has 1 saturated heterocycles. The first-order valence-corrected chi connectivity index (χ1v) is 11.1. The molecule has 1 aliphatic heterocycles. The molecule has 6 nitrogen and oxygen atoms in total. The van der Waals surface area contributed by atoms with Crippen LogP contribution < -0.4 is 9.64 Å². The molecule has 180 valence electrons. The molecule has 0 radical (unpaired) electrons. The summed E-state index contributed by atoms with van der Waals surface area (Å²) in [6.45, 7) is 7.87. The number of halogens is 3. The van der Waals surface area contributed by atoms with Crippen LogP contribution in [-0.4, -0.2) is 60.3 Å². The van der Waals surface area contributed by atoms with Crippen molar-refractivity contribution in [1.29, 1.82) is 0 Å². The van der Waals surface area contributed by atoms with E-state index in [1.54, 1.807) is 18.1 Å². The predicted molar refractivity (Wildman–Crippen MR) is 121 cm³/mol. The molecular weight excluding hydrogens is 433 g/mol. The number of rotatable bonds is 7. The molecule has 1 aromatic carbocycles. The van der Waals surface area contributed by atoms with Gasteiger partial charge >= 0.3 is 0 Å². The fourth-order valence-electron chi connectivity index (χ4n) is 4.46. The van der Waals surface area contributed by atoms with Gasteiger partial charge in [-0.25, -0.2) is 23.1 Å². The summed E-state index contributed by atoms with van der Waals surface area (Å²) in [6.07, 6.45) is 3.96. The minimum Gasteiger partial charge on any atom is -0.451 e. The van der Waals surface area contributed by atoms with Crippen LogP contribution in [0.25, 0.3) is 0 Å². The third-order valence-corrected chi connectivity index (χ3v) is 6.20. The molecule has 2 heterocycles. The average Bonchev–Trinajstić information content (AvgIpc) is 2.71. The van der Waals surface area contributed by atoms with Crippen molar-refractivity contribution in [2.45, 2.75) is 46.1 Å². The van der Waals surface area contributed by atoms with Crippen molar-refractivity contribution >= 4 is 12.1 Å². The quantitative estimate of drug-likeness (QED) is 0.535. The minimum absolute atomic E-state index is 0.127. The molecule has 2 aromatic rings. The Morgan fingerprint density at radius 1 is 1.27 bits per heavy atom. The maximum absolute atomic E-state index is 13.3. The zero-order valence-electron chi connectivity index (χ0n) is 19.5. The van der Waals surface area contributed by atoms with Crippen molar-refractivity contribution in [3.05, 3.63) is 42.1 Å². The highest BCUT2D eigenvalue weighted by atomic mass is 19.3. The van der Waals surface area contributed by atoms with E-state index in [0.29, 0.717) is 23.2 Å². The van der Waals surface area contributed by atoms with Gasteiger partial charge in [-0.2, -0.15) is 0 Å². The van der Waals surface area contributed by atoms with Gasteiger partial charge in [0.2, 0.25) is 0 Å². The fraction of sp³-hybridized carbons (Fsp3) is 0.542. The molecule has 1 aromatic heterocycles. The van der Waals surface area contributed by atoms with Gasteiger partial charge in [0, 0.05) is 24.5 Å². The van der Waals surface area contributed by atoms with Gasteiger partial charge in [0.25, 0.3) is 6.43 Å². The van der Waals surface area contributed by atoms with E-state index in [1.165, 1.54) is 31.3 Å². The highest BCUT2D eigenvalue weighted by molar-refractivity contribution is 5.79. The molecule has 2 aliphatic rings. The van der Waals surface area contributed by atoms with Crippen LogP contribution in [0.3, 0.4) is 0 Å². The van der Waals surface area contributed by atoms with E-state index in [1.807, 2.05) is 13.8 Å². The molecule has 2 fully saturated rings. The molecular formula is C24H31F3N4O2. The van der Waals surface area contributed by atoms with Crippen LogP contribution in [0.1, 0.15) is 44.0 Å². The number of ether oxygens (including phenoxy) is 1. The Kier molecular flexibility index (Phi) is 7.94. The molecule has 0 bridgehead atoms. The van der Waals surface area contributed by atoms with Crippen LogP contribution >= 0.6 is 0 Å². The molecule has 0 N–H and O–H groups in total. The normalized spacial score (nSPS) is 17.0. The van der Waals surface area contributed by atoms with Crippen molar-refractivity contribution < 1.29 is 22.7 Å². The monoisotopic (exact) mass is 464 g/mol. The summed E-state index contributed by atoms with van der Waals surface area (Å²) in [5.74, 6) is 1.83. The number of alkyl halides is 2. The lowest BCUT2D eigenvalue weighted by atomic mass is 9.58. The van der Waals surface area contributed by atoms with Gasteiger partial charge in [-0.05, 0) is 57.9 Å². The van der Waals surface area contributed by atoms with Crippen molar-refractivity contribution in [3.63, 3.8) is 0 Å². The first-order chi connectivity index (χ1) is 15.6. The van der Waals surface area contributed by atoms with E-state index >= 15 is 0 Å². The summed E-state index contributed by atoms with van der Waals surface area (Å²) in [4.78, 5) is 23.3. The van der Waals surface area contributed by atoms with Crippen LogP contribution in [0.15, 0.2) is 30.7 Å². The number of carbonyl (C=O) groups excluding carboxylic acids is 1. The van der Waals surface area contributed by atoms with E-state index in [0.717, 1.165) is 30.9 Å². The van der Waals surface area contributed by atoms with Gasteiger partial charge < -0.3 is 9.64 Å². The Balaban J connectivity index is 0.000000292. The van der Waals surface area contributed by atoms with Crippen LogP contribution in [-0.2, 0) is 0 Å². The Bertz CT molecular complexity index is 943. The molecule has 0 atom stereocenters. The summed E-state index contributed by atoms with van der Waals surface area (Å²) in [5, 5.41) is 0. The maximum Gasteiger partial charge on any atom is 0.251 e. The molecule has 1 spiro atoms. The SMILES string of the molecule is CC(C)N(C)CC(F)F.CC1CC2(C1)CN(c1ncncc1Oc1ccc(F)cc1C=O)C2. The molecule has 1 saturated carbocycles. The lowest BCUT2D eigenvalue weighted by Crippen LogP contribution is -2.62. The second-order valence-corrected chi connectivity index (χ2v) is 9.41. The molecule has 9 heteroatoms. The van der Waals surface area contributed by atoms with Gasteiger partial charge in [0.05, 0.1) is 18.3 Å². The third kappa shape index (κ3) is 6.22. The van der Waals surface area contributed by atoms with Gasteiger partial charge in [-0.1, -0.05) is 6.92 Å². The Labute approximate surface area is 192 Å². The van der Waals surface area contributed by atoms with Crippen molar-refractivity contribution in [2.24, 2.45) is 11.3 Å². The van der Waals surface area contributed by atoms with Gasteiger partial charge in [-0.3, -0.25) is 9.69 Å². The van der Waals surface area contributed by atoms with Crippen LogP contribution in [0.4, 0.5) is 19.0 Å². The molecule has 0 unspecified atom stereocenters. The van der Waals surface area contributed by atoms with Gasteiger partial charge in [-0.15, -0.1) is 0 Å². The Morgan fingerprint density at radius 2 is 1.97 bits per heavy atom. The summed E-state index contributed by atoms with van der Waals surface area (Å²) in [5.41, 5.74) is 0.601. The summed E-state index contributed by atoms with van der Waals surface area (Å²) in [6, 6.07) is 4.07.